The van der Waals surface area contributed by atoms with Crippen LogP contribution in [0.1, 0.15) is 0 Å². The molecule has 0 bridgehead atoms. The Kier molecular flexibility index (Phi) is 3.35. The molecule has 2 N–H and O–H groups in total. The minimum atomic E-state index is -0.883. The number of halogens is 3. The Labute approximate surface area is 123 Å². The third-order valence-corrected chi connectivity index (χ3v) is 3.24. The van der Waals surface area contributed by atoms with Crippen molar-refractivity contribution in [3.8, 4) is 11.5 Å². The number of hydrogen-bond acceptors (Lipinski definition) is 3. The zero-order chi connectivity index (χ0) is 15.0. The number of nitrogen functional groups attached to an aromatic ring is 1. The van der Waals surface area contributed by atoms with Gasteiger partial charge in [-0.25, -0.2) is 8.78 Å². The highest BCUT2D eigenvalue weighted by Crippen LogP contribution is 2.35. The number of nitrogens with two attached hydrogens (primary N) is 1. The summed E-state index contributed by atoms with van der Waals surface area (Å²) in [5, 5.41) is 1.11. The molecule has 3 rings (SSSR count). The van der Waals surface area contributed by atoms with E-state index in [9.17, 15) is 8.78 Å². The van der Waals surface area contributed by atoms with Gasteiger partial charge in [0.2, 0.25) is 0 Å². The van der Waals surface area contributed by atoms with Gasteiger partial charge in [-0.3, -0.25) is 4.98 Å². The lowest BCUT2D eigenvalue weighted by atomic mass is 10.2. The summed E-state index contributed by atoms with van der Waals surface area (Å²) in [6, 6.07) is 8.52. The summed E-state index contributed by atoms with van der Waals surface area (Å²) in [5.41, 5.74) is 5.77. The molecule has 3 aromatic rings. The summed E-state index contributed by atoms with van der Waals surface area (Å²) in [6.07, 6.45) is 1.54. The van der Waals surface area contributed by atoms with Gasteiger partial charge in [-0.15, -0.1) is 0 Å². The zero-order valence-electron chi connectivity index (χ0n) is 10.6. The summed E-state index contributed by atoms with van der Waals surface area (Å²) in [6.45, 7) is 0. The Hall–Kier alpha value is -2.40. The predicted molar refractivity (Wildman–Crippen MR) is 77.6 cm³/mol. The van der Waals surface area contributed by atoms with Crippen LogP contribution >= 0.6 is 11.6 Å². The fraction of sp³-hybridized carbons (Fsp3) is 0. The average Bonchev–Trinajstić information content (AvgIpc) is 2.45. The molecule has 0 radical (unpaired) electrons. The van der Waals surface area contributed by atoms with Crippen LogP contribution in [0.25, 0.3) is 10.9 Å². The molecular formula is C15H9ClF2N2O. The summed E-state index contributed by atoms with van der Waals surface area (Å²) in [5.74, 6) is -2.09. The maximum atomic E-state index is 13.8. The first-order chi connectivity index (χ1) is 10.1. The largest absolute Gasteiger partial charge is 0.449 e. The van der Waals surface area contributed by atoms with E-state index in [4.69, 9.17) is 22.1 Å². The van der Waals surface area contributed by atoms with E-state index in [1.807, 2.05) is 0 Å². The number of nitrogens with zero attached hydrogens (tertiary/aromatic N) is 1. The topological polar surface area (TPSA) is 48.1 Å². The van der Waals surface area contributed by atoms with Crippen LogP contribution in [0.3, 0.4) is 0 Å². The molecule has 0 amide bonds. The van der Waals surface area contributed by atoms with Crippen molar-refractivity contribution in [2.75, 3.05) is 5.73 Å². The van der Waals surface area contributed by atoms with Crippen molar-refractivity contribution < 1.29 is 13.5 Å². The quantitative estimate of drug-likeness (QED) is 0.707. The molecular weight excluding hydrogens is 298 g/mol. The van der Waals surface area contributed by atoms with Gasteiger partial charge >= 0.3 is 0 Å². The van der Waals surface area contributed by atoms with E-state index in [1.54, 1.807) is 24.4 Å². The lowest BCUT2D eigenvalue weighted by Crippen LogP contribution is -1.97. The maximum Gasteiger partial charge on any atom is 0.198 e. The Balaban J connectivity index is 2.13. The number of benzene rings is 2. The van der Waals surface area contributed by atoms with Crippen LogP contribution < -0.4 is 10.5 Å². The first-order valence-electron chi connectivity index (χ1n) is 6.02. The number of pyridine rings is 1. The standard InChI is InChI=1S/C15H9ClF2N2O/c16-10-3-4-13(14-9(10)2-1-5-20-14)21-15-11(17)6-8(19)7-12(15)18/h1-7H,19H2. The molecule has 0 saturated carbocycles. The molecule has 2 aromatic carbocycles. The van der Waals surface area contributed by atoms with Crippen LogP contribution in [0, 0.1) is 11.6 Å². The predicted octanol–water partition coefficient (Wildman–Crippen LogP) is 4.54. The second-order valence-electron chi connectivity index (χ2n) is 4.36. The van der Waals surface area contributed by atoms with Gasteiger partial charge in [0.25, 0.3) is 0 Å². The Bertz CT molecular complexity index is 816. The molecule has 6 heteroatoms. The Morgan fingerprint density at radius 2 is 1.81 bits per heavy atom. The van der Waals surface area contributed by atoms with Crippen molar-refractivity contribution in [2.45, 2.75) is 0 Å². The van der Waals surface area contributed by atoms with Crippen molar-refractivity contribution in [3.05, 3.63) is 59.3 Å². The van der Waals surface area contributed by atoms with Gasteiger partial charge in [0.05, 0.1) is 5.02 Å². The Morgan fingerprint density at radius 1 is 1.10 bits per heavy atom. The van der Waals surface area contributed by atoms with Gasteiger partial charge in [-0.2, -0.15) is 0 Å². The fourth-order valence-corrected chi connectivity index (χ4v) is 2.20. The molecule has 0 fully saturated rings. The molecule has 0 saturated heterocycles. The molecule has 3 nitrogen and oxygen atoms in total. The molecule has 0 unspecified atom stereocenters. The van der Waals surface area contributed by atoms with Crippen molar-refractivity contribution >= 4 is 28.2 Å². The van der Waals surface area contributed by atoms with Crippen LogP contribution in [0.5, 0.6) is 11.5 Å². The Morgan fingerprint density at radius 3 is 2.52 bits per heavy atom. The SMILES string of the molecule is Nc1cc(F)c(Oc2ccc(Cl)c3cccnc23)c(F)c1. The van der Waals surface area contributed by atoms with Crippen LogP contribution in [0.4, 0.5) is 14.5 Å². The fourth-order valence-electron chi connectivity index (χ4n) is 1.98. The number of hydrogen-bond donors (Lipinski definition) is 1. The number of ether oxygens (including phenoxy) is 1. The monoisotopic (exact) mass is 306 g/mol. The molecule has 0 aliphatic carbocycles. The second kappa shape index (κ2) is 5.18. The highest BCUT2D eigenvalue weighted by molar-refractivity contribution is 6.35. The molecule has 21 heavy (non-hydrogen) atoms. The highest BCUT2D eigenvalue weighted by atomic mass is 35.5. The van der Waals surface area contributed by atoms with E-state index in [2.05, 4.69) is 4.98 Å². The van der Waals surface area contributed by atoms with Crippen LogP contribution in [0.15, 0.2) is 42.6 Å². The molecule has 0 aliphatic rings. The second-order valence-corrected chi connectivity index (χ2v) is 4.77. The van der Waals surface area contributed by atoms with Gasteiger partial charge in [-0.05, 0) is 24.3 Å². The van der Waals surface area contributed by atoms with E-state index < -0.39 is 17.4 Å². The van der Waals surface area contributed by atoms with Crippen molar-refractivity contribution in [3.63, 3.8) is 0 Å². The van der Waals surface area contributed by atoms with Crippen LogP contribution in [0.2, 0.25) is 5.02 Å². The van der Waals surface area contributed by atoms with Crippen molar-refractivity contribution in [1.29, 1.82) is 0 Å². The zero-order valence-corrected chi connectivity index (χ0v) is 11.4. The van der Waals surface area contributed by atoms with E-state index in [0.29, 0.717) is 15.9 Å². The van der Waals surface area contributed by atoms with E-state index in [-0.39, 0.29) is 11.4 Å². The number of rotatable bonds is 2. The average molecular weight is 307 g/mol. The van der Waals surface area contributed by atoms with E-state index in [0.717, 1.165) is 12.1 Å². The smallest absolute Gasteiger partial charge is 0.198 e. The third-order valence-electron chi connectivity index (χ3n) is 2.91. The van der Waals surface area contributed by atoms with Crippen molar-refractivity contribution in [2.24, 2.45) is 0 Å². The normalized spacial score (nSPS) is 10.8. The third kappa shape index (κ3) is 2.48. The molecule has 0 spiro atoms. The summed E-state index contributed by atoms with van der Waals surface area (Å²) in [4.78, 5) is 4.14. The number of aromatic nitrogens is 1. The molecule has 1 aromatic heterocycles. The van der Waals surface area contributed by atoms with Gasteiger partial charge in [0, 0.05) is 29.4 Å². The summed E-state index contributed by atoms with van der Waals surface area (Å²) in [7, 11) is 0. The van der Waals surface area contributed by atoms with Gasteiger partial charge in [0.1, 0.15) is 5.52 Å². The van der Waals surface area contributed by atoms with Crippen LogP contribution in [-0.2, 0) is 0 Å². The summed E-state index contributed by atoms with van der Waals surface area (Å²) < 4.78 is 32.9. The van der Waals surface area contributed by atoms with Crippen LogP contribution in [-0.4, -0.2) is 4.98 Å². The van der Waals surface area contributed by atoms with Gasteiger partial charge < -0.3 is 10.5 Å². The number of fused-ring (bicyclic) bond motifs is 1. The first-order valence-corrected chi connectivity index (χ1v) is 6.39. The lowest BCUT2D eigenvalue weighted by Gasteiger charge is -2.11. The van der Waals surface area contributed by atoms with Gasteiger partial charge in [-0.1, -0.05) is 11.6 Å². The minimum Gasteiger partial charge on any atom is -0.449 e. The molecule has 0 aliphatic heterocycles. The molecule has 106 valence electrons. The van der Waals surface area contributed by atoms with Gasteiger partial charge in [0.15, 0.2) is 23.1 Å². The minimum absolute atomic E-state index is 0.0172. The first kappa shape index (κ1) is 13.6. The maximum absolute atomic E-state index is 13.8. The lowest BCUT2D eigenvalue weighted by molar-refractivity contribution is 0.410. The van der Waals surface area contributed by atoms with E-state index >= 15 is 0 Å². The molecule has 0 atom stereocenters. The summed E-state index contributed by atoms with van der Waals surface area (Å²) >= 11 is 6.06. The van der Waals surface area contributed by atoms with E-state index in [1.165, 1.54) is 6.07 Å². The molecule has 1 heterocycles. The number of anilines is 1. The van der Waals surface area contributed by atoms with Crippen molar-refractivity contribution in [1.82, 2.24) is 4.98 Å². The highest BCUT2D eigenvalue weighted by Gasteiger charge is 2.15.